The number of halogens is 6. The van der Waals surface area contributed by atoms with E-state index in [9.17, 15) is 26.3 Å². The Morgan fingerprint density at radius 1 is 1.05 bits per heavy atom. The lowest BCUT2D eigenvalue weighted by Gasteiger charge is -2.32. The zero-order valence-electron chi connectivity index (χ0n) is 19.7. The first-order chi connectivity index (χ1) is 17.5. The van der Waals surface area contributed by atoms with Crippen LogP contribution in [-0.4, -0.2) is 41.3 Å². The van der Waals surface area contributed by atoms with Gasteiger partial charge in [0.1, 0.15) is 11.6 Å². The predicted octanol–water partition coefficient (Wildman–Crippen LogP) is 5.25. The van der Waals surface area contributed by atoms with Gasteiger partial charge in [-0.05, 0) is 49.2 Å². The van der Waals surface area contributed by atoms with E-state index in [2.05, 4.69) is 20.3 Å². The largest absolute Gasteiger partial charge is 0.419 e. The summed E-state index contributed by atoms with van der Waals surface area (Å²) < 4.78 is 85.4. The van der Waals surface area contributed by atoms with Gasteiger partial charge in [-0.3, -0.25) is 0 Å². The van der Waals surface area contributed by atoms with E-state index in [-0.39, 0.29) is 37.0 Å². The number of methoxy groups -OCH3 is 1. The normalized spacial score (nSPS) is 16.3. The summed E-state index contributed by atoms with van der Waals surface area (Å²) in [7, 11) is 1.50. The summed E-state index contributed by atoms with van der Waals surface area (Å²) in [5.41, 5.74) is 5.77. The molecule has 0 aliphatic carbocycles. The first-order valence-electron chi connectivity index (χ1n) is 11.3. The maximum Gasteiger partial charge on any atom is 0.419 e. The number of hydrogen-bond acceptors (Lipinski definition) is 7. The Labute approximate surface area is 208 Å². The highest BCUT2D eigenvalue weighted by Gasteiger charge is 2.38. The maximum atomic E-state index is 13.8. The molecule has 1 unspecified atom stereocenters. The fraction of sp³-hybridized carbons (Fsp3) is 0.375. The summed E-state index contributed by atoms with van der Waals surface area (Å²) in [4.78, 5) is 14.2. The molecule has 0 fully saturated rings. The molecule has 0 amide bonds. The van der Waals surface area contributed by atoms with Gasteiger partial charge < -0.3 is 20.7 Å². The van der Waals surface area contributed by atoms with Crippen LogP contribution in [0.5, 0.6) is 0 Å². The molecule has 7 nitrogen and oxygen atoms in total. The zero-order chi connectivity index (χ0) is 26.8. The lowest BCUT2D eigenvalue weighted by molar-refractivity contribution is -0.138. The molecule has 1 atom stereocenters. The van der Waals surface area contributed by atoms with E-state index < -0.39 is 29.5 Å². The van der Waals surface area contributed by atoms with Crippen LogP contribution < -0.4 is 16.0 Å². The smallest absolute Gasteiger partial charge is 0.385 e. The van der Waals surface area contributed by atoms with E-state index in [0.29, 0.717) is 30.0 Å². The third kappa shape index (κ3) is 6.04. The third-order valence-electron chi connectivity index (χ3n) is 6.08. The molecule has 0 spiro atoms. The quantitative estimate of drug-likeness (QED) is 0.425. The zero-order valence-corrected chi connectivity index (χ0v) is 19.7. The molecule has 3 aromatic rings. The number of fused-ring (bicyclic) bond motifs is 1. The van der Waals surface area contributed by atoms with Gasteiger partial charge in [0.2, 0.25) is 5.95 Å². The SMILES string of the molecule is COCCC1Cc2nc(N)nc(Nc3ccc(C(F)(F)F)cc3)c2CCN1c1ncccc1C(F)(F)F. The number of nitrogen functional groups attached to an aromatic ring is 1. The van der Waals surface area contributed by atoms with Gasteiger partial charge in [0.25, 0.3) is 0 Å². The number of anilines is 4. The first kappa shape index (κ1) is 26.5. The van der Waals surface area contributed by atoms with Crippen molar-refractivity contribution in [2.75, 3.05) is 36.2 Å². The van der Waals surface area contributed by atoms with Gasteiger partial charge in [0.05, 0.1) is 16.8 Å². The molecule has 3 heterocycles. The van der Waals surface area contributed by atoms with Crippen molar-refractivity contribution in [3.05, 3.63) is 65.0 Å². The summed E-state index contributed by atoms with van der Waals surface area (Å²) in [6.45, 7) is 0.457. The average molecular weight is 526 g/mol. The van der Waals surface area contributed by atoms with E-state index in [1.807, 2.05) is 0 Å². The topological polar surface area (TPSA) is 89.2 Å². The number of hydrogen-bond donors (Lipinski definition) is 2. The van der Waals surface area contributed by atoms with E-state index in [0.717, 1.165) is 18.2 Å². The van der Waals surface area contributed by atoms with Crippen molar-refractivity contribution < 1.29 is 31.1 Å². The van der Waals surface area contributed by atoms with Crippen LogP contribution in [-0.2, 0) is 29.9 Å². The van der Waals surface area contributed by atoms with Crippen LogP contribution in [0, 0.1) is 0 Å². The average Bonchev–Trinajstić information content (AvgIpc) is 3.01. The van der Waals surface area contributed by atoms with Gasteiger partial charge in [0.15, 0.2) is 0 Å². The number of alkyl halides is 6. The van der Waals surface area contributed by atoms with Crippen LogP contribution in [0.15, 0.2) is 42.6 Å². The summed E-state index contributed by atoms with van der Waals surface area (Å²) in [5.74, 6) is 0.0228. The Balaban J connectivity index is 1.70. The van der Waals surface area contributed by atoms with E-state index in [4.69, 9.17) is 10.5 Å². The summed E-state index contributed by atoms with van der Waals surface area (Å²) in [5, 5.41) is 2.99. The number of pyridine rings is 1. The number of rotatable bonds is 6. The van der Waals surface area contributed by atoms with Gasteiger partial charge in [-0.2, -0.15) is 31.3 Å². The molecule has 0 saturated heterocycles. The number of nitrogens with one attached hydrogen (secondary N) is 1. The minimum absolute atomic E-state index is 0.0686. The molecule has 198 valence electrons. The van der Waals surface area contributed by atoms with Crippen LogP contribution >= 0.6 is 0 Å². The summed E-state index contributed by atoms with van der Waals surface area (Å²) in [6.07, 6.45) is -6.89. The second-order valence-corrected chi connectivity index (χ2v) is 8.51. The van der Waals surface area contributed by atoms with E-state index in [1.165, 1.54) is 31.5 Å². The molecule has 2 aromatic heterocycles. The fourth-order valence-corrected chi connectivity index (χ4v) is 4.35. The van der Waals surface area contributed by atoms with Gasteiger partial charge in [0, 0.05) is 50.2 Å². The molecular formula is C24H24F6N6O. The highest BCUT2D eigenvalue weighted by molar-refractivity contribution is 5.63. The highest BCUT2D eigenvalue weighted by atomic mass is 19.4. The standard InChI is InChI=1S/C24H24F6N6O/c1-37-12-9-16-13-19-17(8-11-36(16)21-18(24(28,29)30)3-2-10-32-21)20(35-22(31)34-19)33-15-6-4-14(5-7-15)23(25,26)27/h2-7,10,16H,8-9,11-13H2,1H3,(H3,31,33,34,35). The monoisotopic (exact) mass is 526 g/mol. The molecule has 0 radical (unpaired) electrons. The Hall–Kier alpha value is -3.61. The predicted molar refractivity (Wildman–Crippen MR) is 125 cm³/mol. The highest BCUT2D eigenvalue weighted by Crippen LogP contribution is 2.38. The maximum absolute atomic E-state index is 13.8. The van der Waals surface area contributed by atoms with Gasteiger partial charge in [-0.15, -0.1) is 0 Å². The molecule has 1 aromatic carbocycles. The third-order valence-corrected chi connectivity index (χ3v) is 6.08. The molecule has 0 bridgehead atoms. The summed E-state index contributed by atoms with van der Waals surface area (Å²) >= 11 is 0. The molecule has 13 heteroatoms. The van der Waals surface area contributed by atoms with Gasteiger partial charge in [-0.1, -0.05) is 0 Å². The van der Waals surface area contributed by atoms with Crippen molar-refractivity contribution in [2.45, 2.75) is 37.7 Å². The Morgan fingerprint density at radius 3 is 2.43 bits per heavy atom. The second kappa shape index (κ2) is 10.4. The van der Waals surface area contributed by atoms with Crippen molar-refractivity contribution in [1.29, 1.82) is 0 Å². The van der Waals surface area contributed by atoms with E-state index >= 15 is 0 Å². The van der Waals surface area contributed by atoms with Crippen molar-refractivity contribution in [3.63, 3.8) is 0 Å². The number of ether oxygens (including phenoxy) is 1. The Morgan fingerprint density at radius 2 is 1.78 bits per heavy atom. The lowest BCUT2D eigenvalue weighted by atomic mass is 10.0. The molecular weight excluding hydrogens is 502 g/mol. The van der Waals surface area contributed by atoms with Crippen LogP contribution in [0.1, 0.15) is 28.8 Å². The minimum Gasteiger partial charge on any atom is -0.385 e. The number of aromatic nitrogens is 3. The van der Waals surface area contributed by atoms with Crippen molar-refractivity contribution in [2.24, 2.45) is 0 Å². The lowest BCUT2D eigenvalue weighted by Crippen LogP contribution is -2.39. The molecule has 1 aliphatic rings. The van der Waals surface area contributed by atoms with Crippen LogP contribution in [0.2, 0.25) is 0 Å². The number of benzene rings is 1. The van der Waals surface area contributed by atoms with Crippen LogP contribution in [0.4, 0.5) is 49.6 Å². The number of nitrogens with zero attached hydrogens (tertiary/aromatic N) is 4. The van der Waals surface area contributed by atoms with Gasteiger partial charge in [-0.25, -0.2) is 9.97 Å². The van der Waals surface area contributed by atoms with Crippen LogP contribution in [0.3, 0.4) is 0 Å². The number of nitrogens with two attached hydrogens (primary N) is 1. The fourth-order valence-electron chi connectivity index (χ4n) is 4.35. The Kier molecular flexibility index (Phi) is 7.44. The van der Waals surface area contributed by atoms with Crippen molar-refractivity contribution >= 4 is 23.3 Å². The van der Waals surface area contributed by atoms with E-state index in [1.54, 1.807) is 4.90 Å². The molecule has 3 N–H and O–H groups in total. The molecule has 1 aliphatic heterocycles. The summed E-state index contributed by atoms with van der Waals surface area (Å²) in [6, 6.07) is 6.19. The first-order valence-corrected chi connectivity index (χ1v) is 11.3. The molecule has 37 heavy (non-hydrogen) atoms. The molecule has 0 saturated carbocycles. The van der Waals surface area contributed by atoms with Gasteiger partial charge >= 0.3 is 12.4 Å². The Bertz CT molecular complexity index is 1230. The van der Waals surface area contributed by atoms with Crippen molar-refractivity contribution in [3.8, 4) is 0 Å². The van der Waals surface area contributed by atoms with Crippen LogP contribution in [0.25, 0.3) is 0 Å². The second-order valence-electron chi connectivity index (χ2n) is 8.51. The minimum atomic E-state index is -4.60. The molecule has 4 rings (SSSR count). The van der Waals surface area contributed by atoms with Crippen molar-refractivity contribution in [1.82, 2.24) is 15.0 Å².